The Morgan fingerprint density at radius 3 is 2.86 bits per heavy atom. The van der Waals surface area contributed by atoms with Gasteiger partial charge in [0.15, 0.2) is 0 Å². The smallest absolute Gasteiger partial charge is 0.0965 e. The Morgan fingerprint density at radius 1 is 1.71 bits per heavy atom. The molecule has 1 aliphatic rings. The van der Waals surface area contributed by atoms with Crippen LogP contribution >= 0.6 is 0 Å². The molecular weight excluding hydrogens is 90.1 g/mol. The molecule has 1 unspecified atom stereocenters. The van der Waals surface area contributed by atoms with Crippen molar-refractivity contribution in [2.45, 2.75) is 6.92 Å². The third kappa shape index (κ3) is 1.45. The van der Waals surface area contributed by atoms with Crippen molar-refractivity contribution in [2.75, 3.05) is 19.9 Å². The molecule has 1 rings (SSSR count). The van der Waals surface area contributed by atoms with Crippen molar-refractivity contribution < 1.29 is 4.74 Å². The molecule has 0 aromatic heterocycles. The fourth-order valence-corrected chi connectivity index (χ4v) is 0.697. The summed E-state index contributed by atoms with van der Waals surface area (Å²) in [6.45, 7) is 4.95. The van der Waals surface area contributed by atoms with Crippen LogP contribution in [-0.4, -0.2) is 19.9 Å². The van der Waals surface area contributed by atoms with Crippen LogP contribution in [0.4, 0.5) is 0 Å². The molecular formula is C5H11NO. The van der Waals surface area contributed by atoms with Gasteiger partial charge in [-0.1, -0.05) is 6.92 Å². The van der Waals surface area contributed by atoms with Crippen LogP contribution < -0.4 is 5.32 Å². The van der Waals surface area contributed by atoms with E-state index in [1.807, 2.05) is 0 Å². The molecule has 1 fully saturated rings. The number of hydrogen-bond donors (Lipinski definition) is 1. The topological polar surface area (TPSA) is 21.3 Å². The summed E-state index contributed by atoms with van der Waals surface area (Å²) in [6.07, 6.45) is 0. The third-order valence-electron chi connectivity index (χ3n) is 1.10. The van der Waals surface area contributed by atoms with E-state index in [-0.39, 0.29) is 0 Å². The standard InChI is InChI=1S/C5H11NO/c1-5-2-6-4-7-3-5/h5-6H,2-4H2,1H3. The maximum Gasteiger partial charge on any atom is 0.0965 e. The number of nitrogens with one attached hydrogen (secondary N) is 1. The highest BCUT2D eigenvalue weighted by Crippen LogP contribution is 1.96. The van der Waals surface area contributed by atoms with E-state index in [9.17, 15) is 0 Å². The third-order valence-corrected chi connectivity index (χ3v) is 1.10. The molecule has 1 heterocycles. The summed E-state index contributed by atoms with van der Waals surface area (Å²) >= 11 is 0. The predicted molar refractivity (Wildman–Crippen MR) is 28.0 cm³/mol. The highest BCUT2D eigenvalue weighted by molar-refractivity contribution is 4.56. The van der Waals surface area contributed by atoms with Crippen molar-refractivity contribution in [3.05, 3.63) is 0 Å². The molecule has 0 spiro atoms. The van der Waals surface area contributed by atoms with Gasteiger partial charge in [0.1, 0.15) is 0 Å². The quantitative estimate of drug-likeness (QED) is 0.470. The Kier molecular flexibility index (Phi) is 1.65. The minimum Gasteiger partial charge on any atom is -0.366 e. The molecule has 1 N–H and O–H groups in total. The summed E-state index contributed by atoms with van der Waals surface area (Å²) in [4.78, 5) is 0. The summed E-state index contributed by atoms with van der Waals surface area (Å²) in [5.74, 6) is 0.703. The highest BCUT2D eigenvalue weighted by Gasteiger charge is 2.05. The van der Waals surface area contributed by atoms with Gasteiger partial charge in [-0.3, -0.25) is 5.32 Å². The minimum absolute atomic E-state index is 0.703. The minimum atomic E-state index is 0.703. The first-order valence-electron chi connectivity index (χ1n) is 2.68. The molecule has 0 saturated carbocycles. The lowest BCUT2D eigenvalue weighted by atomic mass is 10.2. The summed E-state index contributed by atoms with van der Waals surface area (Å²) in [5, 5.41) is 3.11. The van der Waals surface area contributed by atoms with Gasteiger partial charge in [0, 0.05) is 6.54 Å². The Morgan fingerprint density at radius 2 is 2.57 bits per heavy atom. The van der Waals surface area contributed by atoms with Crippen molar-refractivity contribution in [1.82, 2.24) is 5.32 Å². The lowest BCUT2D eigenvalue weighted by Gasteiger charge is -2.18. The van der Waals surface area contributed by atoms with Crippen molar-refractivity contribution in [3.8, 4) is 0 Å². The molecule has 1 atom stereocenters. The summed E-state index contributed by atoms with van der Waals surface area (Å²) in [6, 6.07) is 0. The first-order valence-corrected chi connectivity index (χ1v) is 2.68. The summed E-state index contributed by atoms with van der Waals surface area (Å²) in [7, 11) is 0. The second kappa shape index (κ2) is 2.28. The zero-order chi connectivity index (χ0) is 5.11. The van der Waals surface area contributed by atoms with Crippen molar-refractivity contribution >= 4 is 0 Å². The van der Waals surface area contributed by atoms with E-state index in [0.717, 1.165) is 19.9 Å². The largest absolute Gasteiger partial charge is 0.366 e. The number of hydrogen-bond acceptors (Lipinski definition) is 2. The SMILES string of the molecule is CC1CNCOC1. The van der Waals surface area contributed by atoms with Crippen LogP contribution in [-0.2, 0) is 4.74 Å². The zero-order valence-corrected chi connectivity index (χ0v) is 4.61. The lowest BCUT2D eigenvalue weighted by Crippen LogP contribution is -2.32. The Bertz CT molecular complexity index is 50.0. The molecule has 0 aromatic carbocycles. The van der Waals surface area contributed by atoms with Crippen LogP contribution in [0.3, 0.4) is 0 Å². The van der Waals surface area contributed by atoms with Crippen LogP contribution in [0.1, 0.15) is 6.92 Å². The van der Waals surface area contributed by atoms with Gasteiger partial charge in [-0.15, -0.1) is 0 Å². The zero-order valence-electron chi connectivity index (χ0n) is 4.61. The maximum atomic E-state index is 5.07. The number of ether oxygens (including phenoxy) is 1. The normalized spacial score (nSPS) is 33.0. The molecule has 0 aromatic rings. The molecule has 0 aliphatic carbocycles. The molecule has 2 nitrogen and oxygen atoms in total. The van der Waals surface area contributed by atoms with Gasteiger partial charge in [0.05, 0.1) is 13.3 Å². The maximum absolute atomic E-state index is 5.07. The Labute approximate surface area is 43.9 Å². The van der Waals surface area contributed by atoms with E-state index in [4.69, 9.17) is 4.74 Å². The molecule has 0 amide bonds. The fraction of sp³-hybridized carbons (Fsp3) is 1.00. The highest BCUT2D eigenvalue weighted by atomic mass is 16.5. The van der Waals surface area contributed by atoms with Crippen molar-refractivity contribution in [1.29, 1.82) is 0 Å². The molecule has 1 saturated heterocycles. The molecule has 42 valence electrons. The fourth-order valence-electron chi connectivity index (χ4n) is 0.697. The van der Waals surface area contributed by atoms with Crippen molar-refractivity contribution in [2.24, 2.45) is 5.92 Å². The van der Waals surface area contributed by atoms with Gasteiger partial charge in [0.2, 0.25) is 0 Å². The first kappa shape index (κ1) is 5.06. The molecule has 0 bridgehead atoms. The molecule has 7 heavy (non-hydrogen) atoms. The second-order valence-electron chi connectivity index (χ2n) is 2.07. The van der Waals surface area contributed by atoms with E-state index in [0.29, 0.717) is 5.92 Å². The van der Waals surface area contributed by atoms with E-state index >= 15 is 0 Å². The second-order valence-corrected chi connectivity index (χ2v) is 2.07. The Hall–Kier alpha value is -0.0800. The van der Waals surface area contributed by atoms with Crippen LogP contribution in [0.5, 0.6) is 0 Å². The van der Waals surface area contributed by atoms with Crippen LogP contribution in [0.15, 0.2) is 0 Å². The average Bonchev–Trinajstić information content (AvgIpc) is 1.69. The number of rotatable bonds is 0. The van der Waals surface area contributed by atoms with Crippen LogP contribution in [0.2, 0.25) is 0 Å². The van der Waals surface area contributed by atoms with Crippen molar-refractivity contribution in [3.63, 3.8) is 0 Å². The lowest BCUT2D eigenvalue weighted by molar-refractivity contribution is 0.0522. The molecule has 1 aliphatic heterocycles. The van der Waals surface area contributed by atoms with Gasteiger partial charge in [0.25, 0.3) is 0 Å². The first-order chi connectivity index (χ1) is 3.39. The van der Waals surface area contributed by atoms with Crippen LogP contribution in [0.25, 0.3) is 0 Å². The van der Waals surface area contributed by atoms with Gasteiger partial charge < -0.3 is 4.74 Å². The van der Waals surface area contributed by atoms with Crippen LogP contribution in [0, 0.1) is 5.92 Å². The summed E-state index contributed by atoms with van der Waals surface area (Å²) in [5.41, 5.74) is 0. The monoisotopic (exact) mass is 101 g/mol. The van der Waals surface area contributed by atoms with E-state index < -0.39 is 0 Å². The molecule has 0 radical (unpaired) electrons. The van der Waals surface area contributed by atoms with Gasteiger partial charge >= 0.3 is 0 Å². The average molecular weight is 101 g/mol. The molecule has 2 heteroatoms. The van der Waals surface area contributed by atoms with E-state index in [1.165, 1.54) is 0 Å². The predicted octanol–water partition coefficient (Wildman–Crippen LogP) is 0.200. The Balaban J connectivity index is 2.12. The van der Waals surface area contributed by atoms with Gasteiger partial charge in [-0.2, -0.15) is 0 Å². The van der Waals surface area contributed by atoms with Gasteiger partial charge in [-0.25, -0.2) is 0 Å². The van der Waals surface area contributed by atoms with Gasteiger partial charge in [-0.05, 0) is 5.92 Å². The van der Waals surface area contributed by atoms with E-state index in [1.54, 1.807) is 0 Å². The summed E-state index contributed by atoms with van der Waals surface area (Å²) < 4.78 is 5.07. The van der Waals surface area contributed by atoms with E-state index in [2.05, 4.69) is 12.2 Å².